The predicted octanol–water partition coefficient (Wildman–Crippen LogP) is 0.777. The first kappa shape index (κ1) is 12.4. The van der Waals surface area contributed by atoms with E-state index >= 15 is 0 Å². The molecule has 2 atom stereocenters. The molecule has 1 aliphatic carbocycles. The fraction of sp³-hybridized carbons (Fsp3) is 0.923. The standard InChI is InChI=1S/C13H21NO4/c1-2-16-11-9-10(11)12(15)14-5-3-13(4-6-14)17-7-8-18-13/h10-11H,2-9H2,1H3/t10-,11-/m1/s1. The molecule has 2 heterocycles. The molecule has 3 rings (SSSR count). The lowest BCUT2D eigenvalue weighted by molar-refractivity contribution is -0.187. The number of ether oxygens (including phenoxy) is 3. The number of hydrogen-bond donors (Lipinski definition) is 0. The van der Waals surface area contributed by atoms with Gasteiger partial charge in [0.15, 0.2) is 5.79 Å². The van der Waals surface area contributed by atoms with Crippen molar-refractivity contribution in [1.29, 1.82) is 0 Å². The molecule has 3 aliphatic rings. The Morgan fingerprint density at radius 3 is 2.61 bits per heavy atom. The van der Waals surface area contributed by atoms with Crippen LogP contribution in [0.15, 0.2) is 0 Å². The van der Waals surface area contributed by atoms with Gasteiger partial charge in [-0.25, -0.2) is 0 Å². The summed E-state index contributed by atoms with van der Waals surface area (Å²) in [4.78, 5) is 14.2. The number of likely N-dealkylation sites (tertiary alicyclic amines) is 1. The van der Waals surface area contributed by atoms with Crippen molar-refractivity contribution in [1.82, 2.24) is 4.90 Å². The van der Waals surface area contributed by atoms with Gasteiger partial charge in [0.25, 0.3) is 0 Å². The molecule has 2 aliphatic heterocycles. The maximum atomic E-state index is 12.2. The van der Waals surface area contributed by atoms with Crippen LogP contribution in [0, 0.1) is 5.92 Å². The van der Waals surface area contributed by atoms with Crippen molar-refractivity contribution in [2.75, 3.05) is 32.9 Å². The fourth-order valence-electron chi connectivity index (χ4n) is 2.92. The minimum Gasteiger partial charge on any atom is -0.378 e. The van der Waals surface area contributed by atoms with Gasteiger partial charge in [0.05, 0.1) is 25.2 Å². The maximum absolute atomic E-state index is 12.2. The number of rotatable bonds is 3. The van der Waals surface area contributed by atoms with Crippen LogP contribution in [0.1, 0.15) is 26.2 Å². The number of hydrogen-bond acceptors (Lipinski definition) is 4. The molecular formula is C13H21NO4. The van der Waals surface area contributed by atoms with Crippen molar-refractivity contribution in [3.8, 4) is 0 Å². The van der Waals surface area contributed by atoms with Crippen LogP contribution < -0.4 is 0 Å². The molecule has 0 unspecified atom stereocenters. The third-order valence-electron chi connectivity index (χ3n) is 4.08. The quantitative estimate of drug-likeness (QED) is 0.747. The lowest BCUT2D eigenvalue weighted by atomic mass is 10.0. The SMILES string of the molecule is CCO[C@@H]1C[C@H]1C(=O)N1CCC2(CC1)OCCO2. The summed E-state index contributed by atoms with van der Waals surface area (Å²) in [7, 11) is 0. The lowest BCUT2D eigenvalue weighted by Gasteiger charge is -2.37. The lowest BCUT2D eigenvalue weighted by Crippen LogP contribution is -2.48. The predicted molar refractivity (Wildman–Crippen MR) is 64.0 cm³/mol. The second-order valence-corrected chi connectivity index (χ2v) is 5.27. The van der Waals surface area contributed by atoms with Crippen LogP contribution in [0.4, 0.5) is 0 Å². The topological polar surface area (TPSA) is 48.0 Å². The van der Waals surface area contributed by atoms with Crippen molar-refractivity contribution in [2.24, 2.45) is 5.92 Å². The molecule has 102 valence electrons. The summed E-state index contributed by atoms with van der Waals surface area (Å²) in [6, 6.07) is 0. The van der Waals surface area contributed by atoms with Gasteiger partial charge in [-0.1, -0.05) is 0 Å². The summed E-state index contributed by atoms with van der Waals surface area (Å²) in [5.74, 6) is -0.0367. The molecular weight excluding hydrogens is 234 g/mol. The number of amides is 1. The van der Waals surface area contributed by atoms with E-state index in [9.17, 15) is 4.79 Å². The van der Waals surface area contributed by atoms with E-state index in [4.69, 9.17) is 14.2 Å². The normalized spacial score (nSPS) is 33.9. The number of carbonyl (C=O) groups is 1. The molecule has 0 N–H and O–H groups in total. The Bertz CT molecular complexity index is 317. The molecule has 0 aromatic heterocycles. The average Bonchev–Trinajstić information content (AvgIpc) is 3.02. The van der Waals surface area contributed by atoms with Crippen LogP contribution in [-0.2, 0) is 19.0 Å². The molecule has 0 bridgehead atoms. The average molecular weight is 255 g/mol. The maximum Gasteiger partial charge on any atom is 0.228 e. The number of nitrogens with zero attached hydrogens (tertiary/aromatic N) is 1. The molecule has 0 aromatic carbocycles. The highest BCUT2D eigenvalue weighted by atomic mass is 16.7. The van der Waals surface area contributed by atoms with Gasteiger partial charge in [-0.3, -0.25) is 4.79 Å². The van der Waals surface area contributed by atoms with Gasteiger partial charge >= 0.3 is 0 Å². The summed E-state index contributed by atoms with van der Waals surface area (Å²) in [6.07, 6.45) is 2.65. The minimum absolute atomic E-state index is 0.101. The van der Waals surface area contributed by atoms with E-state index in [1.165, 1.54) is 0 Å². The Morgan fingerprint density at radius 2 is 2.00 bits per heavy atom. The van der Waals surface area contributed by atoms with E-state index in [1.807, 2.05) is 11.8 Å². The highest BCUT2D eigenvalue weighted by Crippen LogP contribution is 2.38. The second kappa shape index (κ2) is 4.79. The summed E-state index contributed by atoms with van der Waals surface area (Å²) >= 11 is 0. The molecule has 2 saturated heterocycles. The Kier molecular flexibility index (Phi) is 3.30. The van der Waals surface area contributed by atoms with Gasteiger partial charge in [-0.15, -0.1) is 0 Å². The Balaban J connectivity index is 1.49. The first-order valence-corrected chi connectivity index (χ1v) is 6.92. The molecule has 5 heteroatoms. The van der Waals surface area contributed by atoms with Crippen molar-refractivity contribution in [2.45, 2.75) is 38.1 Å². The summed E-state index contributed by atoms with van der Waals surface area (Å²) < 4.78 is 16.8. The summed E-state index contributed by atoms with van der Waals surface area (Å²) in [5, 5.41) is 0. The fourth-order valence-corrected chi connectivity index (χ4v) is 2.92. The van der Waals surface area contributed by atoms with Gasteiger partial charge in [0, 0.05) is 32.5 Å². The molecule has 0 radical (unpaired) electrons. The highest BCUT2D eigenvalue weighted by molar-refractivity contribution is 5.82. The van der Waals surface area contributed by atoms with Crippen molar-refractivity contribution in [3.63, 3.8) is 0 Å². The highest BCUT2D eigenvalue weighted by Gasteiger charge is 2.48. The molecule has 3 fully saturated rings. The number of piperidine rings is 1. The van der Waals surface area contributed by atoms with E-state index in [0.717, 1.165) is 32.4 Å². The van der Waals surface area contributed by atoms with E-state index < -0.39 is 0 Å². The third kappa shape index (κ3) is 2.27. The molecule has 1 spiro atoms. The first-order chi connectivity index (χ1) is 8.74. The van der Waals surface area contributed by atoms with Crippen LogP contribution in [0.2, 0.25) is 0 Å². The van der Waals surface area contributed by atoms with Crippen LogP contribution in [0.25, 0.3) is 0 Å². The molecule has 1 saturated carbocycles. The largest absolute Gasteiger partial charge is 0.378 e. The first-order valence-electron chi connectivity index (χ1n) is 6.92. The Hall–Kier alpha value is -0.650. The van der Waals surface area contributed by atoms with Crippen molar-refractivity contribution in [3.05, 3.63) is 0 Å². The molecule has 18 heavy (non-hydrogen) atoms. The molecule has 5 nitrogen and oxygen atoms in total. The smallest absolute Gasteiger partial charge is 0.228 e. The van der Waals surface area contributed by atoms with Gasteiger partial charge < -0.3 is 19.1 Å². The van der Waals surface area contributed by atoms with E-state index in [1.54, 1.807) is 0 Å². The van der Waals surface area contributed by atoms with E-state index in [0.29, 0.717) is 19.8 Å². The second-order valence-electron chi connectivity index (χ2n) is 5.27. The minimum atomic E-state index is -0.389. The van der Waals surface area contributed by atoms with Crippen LogP contribution in [-0.4, -0.2) is 55.6 Å². The van der Waals surface area contributed by atoms with Crippen molar-refractivity contribution >= 4 is 5.91 Å². The zero-order valence-corrected chi connectivity index (χ0v) is 10.9. The summed E-state index contributed by atoms with van der Waals surface area (Å²) in [5.41, 5.74) is 0. The Labute approximate surface area is 107 Å². The van der Waals surface area contributed by atoms with E-state index in [-0.39, 0.29) is 23.7 Å². The zero-order valence-electron chi connectivity index (χ0n) is 10.9. The Morgan fingerprint density at radius 1 is 1.33 bits per heavy atom. The van der Waals surface area contributed by atoms with E-state index in [2.05, 4.69) is 0 Å². The summed E-state index contributed by atoms with van der Waals surface area (Å²) in [6.45, 7) is 5.52. The number of carbonyl (C=O) groups excluding carboxylic acids is 1. The molecule has 1 amide bonds. The van der Waals surface area contributed by atoms with Crippen LogP contribution in [0.5, 0.6) is 0 Å². The monoisotopic (exact) mass is 255 g/mol. The third-order valence-corrected chi connectivity index (χ3v) is 4.08. The van der Waals surface area contributed by atoms with Crippen LogP contribution >= 0.6 is 0 Å². The van der Waals surface area contributed by atoms with Crippen molar-refractivity contribution < 1.29 is 19.0 Å². The zero-order chi connectivity index (χ0) is 12.6. The van der Waals surface area contributed by atoms with Gasteiger partial charge in [-0.2, -0.15) is 0 Å². The molecule has 0 aromatic rings. The van der Waals surface area contributed by atoms with Gasteiger partial charge in [0.1, 0.15) is 0 Å². The van der Waals surface area contributed by atoms with Gasteiger partial charge in [-0.05, 0) is 13.3 Å². The van der Waals surface area contributed by atoms with Crippen LogP contribution in [0.3, 0.4) is 0 Å². The van der Waals surface area contributed by atoms with Gasteiger partial charge in [0.2, 0.25) is 5.91 Å².